The van der Waals surface area contributed by atoms with Crippen LogP contribution in [-0.2, 0) is 23.6 Å². The fourth-order valence-electron chi connectivity index (χ4n) is 3.86. The summed E-state index contributed by atoms with van der Waals surface area (Å²) in [6.45, 7) is 5.60. The lowest BCUT2D eigenvalue weighted by molar-refractivity contribution is 0.0785. The number of carbonyl (C=O) groups excluding carboxylic acids is 1. The van der Waals surface area contributed by atoms with Crippen molar-refractivity contribution < 1.29 is 13.2 Å². The van der Waals surface area contributed by atoms with Gasteiger partial charge in [0.05, 0.1) is 11.1 Å². The summed E-state index contributed by atoms with van der Waals surface area (Å²) < 4.78 is 29.4. The fraction of sp³-hybridized carbons (Fsp3) is 0.500. The average molecular weight is 405 g/mol. The van der Waals surface area contributed by atoms with E-state index in [4.69, 9.17) is 0 Å². The van der Waals surface area contributed by atoms with Crippen molar-refractivity contribution in [2.45, 2.75) is 31.7 Å². The van der Waals surface area contributed by atoms with Gasteiger partial charge in [0.1, 0.15) is 0 Å². The van der Waals surface area contributed by atoms with Gasteiger partial charge in [-0.2, -0.15) is 9.40 Å². The third-order valence-electron chi connectivity index (χ3n) is 5.08. The highest BCUT2D eigenvalue weighted by Gasteiger charge is 2.32. The Morgan fingerprint density at radius 1 is 1.25 bits per heavy atom. The standard InChI is InChI=1S/C20H28N4O3S/c1-15-8-16(2)12-24(11-15)28(26,27)19-7-5-6-18(9-19)20(25)22(3)13-17-10-21-23(4)14-17/h5-7,9-10,14-16H,8,11-13H2,1-4H3. The molecule has 2 unspecified atom stereocenters. The van der Waals surface area contributed by atoms with Gasteiger partial charge in [-0.3, -0.25) is 9.48 Å². The van der Waals surface area contributed by atoms with Crippen molar-refractivity contribution >= 4 is 15.9 Å². The molecule has 152 valence electrons. The number of aryl methyl sites for hydroxylation is 1. The van der Waals surface area contributed by atoms with Gasteiger partial charge in [-0.05, 0) is 36.5 Å². The highest BCUT2D eigenvalue weighted by Crippen LogP contribution is 2.27. The number of amides is 1. The van der Waals surface area contributed by atoms with E-state index in [2.05, 4.69) is 18.9 Å². The van der Waals surface area contributed by atoms with Crippen molar-refractivity contribution in [3.05, 3.63) is 47.8 Å². The third-order valence-corrected chi connectivity index (χ3v) is 6.91. The average Bonchev–Trinajstić information content (AvgIpc) is 3.05. The molecular weight excluding hydrogens is 376 g/mol. The summed E-state index contributed by atoms with van der Waals surface area (Å²) in [6, 6.07) is 6.34. The molecule has 1 fully saturated rings. The predicted molar refractivity (Wildman–Crippen MR) is 107 cm³/mol. The Bertz CT molecular complexity index is 944. The van der Waals surface area contributed by atoms with Crippen LogP contribution in [0, 0.1) is 11.8 Å². The van der Waals surface area contributed by atoms with Crippen LogP contribution in [0.4, 0.5) is 0 Å². The van der Waals surface area contributed by atoms with Crippen molar-refractivity contribution in [2.75, 3.05) is 20.1 Å². The Kier molecular flexibility index (Phi) is 5.90. The zero-order chi connectivity index (χ0) is 20.5. The van der Waals surface area contributed by atoms with Crippen LogP contribution >= 0.6 is 0 Å². The Hall–Kier alpha value is -2.19. The summed E-state index contributed by atoms with van der Waals surface area (Å²) in [5.74, 6) is 0.434. The topological polar surface area (TPSA) is 75.5 Å². The first-order chi connectivity index (χ1) is 13.2. The Balaban J connectivity index is 1.80. The molecule has 0 spiro atoms. The fourth-order valence-corrected chi connectivity index (χ4v) is 5.59. The van der Waals surface area contributed by atoms with Crippen LogP contribution in [0.25, 0.3) is 0 Å². The molecule has 1 aromatic heterocycles. The highest BCUT2D eigenvalue weighted by atomic mass is 32.2. The number of piperidine rings is 1. The van der Waals surface area contributed by atoms with E-state index in [9.17, 15) is 13.2 Å². The monoisotopic (exact) mass is 404 g/mol. The van der Waals surface area contributed by atoms with Gasteiger partial charge in [-0.1, -0.05) is 19.9 Å². The van der Waals surface area contributed by atoms with Crippen LogP contribution in [0.2, 0.25) is 0 Å². The van der Waals surface area contributed by atoms with Gasteiger partial charge in [0, 0.05) is 51.1 Å². The maximum Gasteiger partial charge on any atom is 0.253 e. The molecule has 2 heterocycles. The van der Waals surface area contributed by atoms with Crippen molar-refractivity contribution in [1.82, 2.24) is 19.0 Å². The minimum atomic E-state index is -3.62. The SMILES string of the molecule is CC1CC(C)CN(S(=O)(=O)c2cccc(C(=O)N(C)Cc3cnn(C)c3)c2)C1. The smallest absolute Gasteiger partial charge is 0.253 e. The van der Waals surface area contributed by atoms with Gasteiger partial charge in [-0.15, -0.1) is 0 Å². The van der Waals surface area contributed by atoms with Gasteiger partial charge < -0.3 is 4.90 Å². The molecule has 0 bridgehead atoms. The van der Waals surface area contributed by atoms with Crippen molar-refractivity contribution in [3.8, 4) is 0 Å². The molecule has 0 aliphatic carbocycles. The second-order valence-corrected chi connectivity index (χ2v) is 9.92. The van der Waals surface area contributed by atoms with E-state index >= 15 is 0 Å². The molecule has 3 rings (SSSR count). The minimum absolute atomic E-state index is 0.175. The number of rotatable bonds is 5. The predicted octanol–water partition coefficient (Wildman–Crippen LogP) is 2.36. The molecule has 7 nitrogen and oxygen atoms in total. The largest absolute Gasteiger partial charge is 0.337 e. The number of aromatic nitrogens is 2. The summed E-state index contributed by atoms with van der Waals surface area (Å²) in [6.07, 6.45) is 4.59. The van der Waals surface area contributed by atoms with Gasteiger partial charge in [0.25, 0.3) is 5.91 Å². The van der Waals surface area contributed by atoms with E-state index in [-0.39, 0.29) is 10.8 Å². The van der Waals surface area contributed by atoms with E-state index < -0.39 is 10.0 Å². The molecule has 1 aromatic carbocycles. The molecule has 28 heavy (non-hydrogen) atoms. The van der Waals surface area contributed by atoms with Gasteiger partial charge in [-0.25, -0.2) is 8.42 Å². The maximum atomic E-state index is 13.1. The molecule has 1 aliphatic heterocycles. The van der Waals surface area contributed by atoms with Crippen molar-refractivity contribution in [1.29, 1.82) is 0 Å². The van der Waals surface area contributed by atoms with Crippen LogP contribution in [0.1, 0.15) is 36.2 Å². The molecule has 2 atom stereocenters. The molecule has 1 amide bonds. The summed E-state index contributed by atoms with van der Waals surface area (Å²) in [7, 11) is -0.0956. The molecule has 0 N–H and O–H groups in total. The van der Waals surface area contributed by atoms with E-state index in [1.807, 2.05) is 13.2 Å². The number of benzene rings is 1. The van der Waals surface area contributed by atoms with Crippen molar-refractivity contribution in [2.24, 2.45) is 18.9 Å². The summed E-state index contributed by atoms with van der Waals surface area (Å²) >= 11 is 0. The molecule has 1 saturated heterocycles. The van der Waals surface area contributed by atoms with E-state index in [1.54, 1.807) is 45.3 Å². The molecule has 0 radical (unpaired) electrons. The van der Waals surface area contributed by atoms with E-state index in [0.717, 1.165) is 12.0 Å². The number of sulfonamides is 1. The quantitative estimate of drug-likeness (QED) is 0.767. The second-order valence-electron chi connectivity index (χ2n) is 7.98. The normalized spacial score (nSPS) is 20.9. The molecule has 2 aromatic rings. The van der Waals surface area contributed by atoms with Crippen LogP contribution in [0.5, 0.6) is 0 Å². The first-order valence-corrected chi connectivity index (χ1v) is 10.9. The lowest BCUT2D eigenvalue weighted by atomic mass is 9.94. The summed E-state index contributed by atoms with van der Waals surface area (Å²) in [5, 5.41) is 4.11. The second kappa shape index (κ2) is 8.05. The van der Waals surface area contributed by atoms with Crippen LogP contribution in [-0.4, -0.2) is 53.4 Å². The minimum Gasteiger partial charge on any atom is -0.337 e. The lowest BCUT2D eigenvalue weighted by Crippen LogP contribution is -2.42. The van der Waals surface area contributed by atoms with E-state index in [1.165, 1.54) is 6.07 Å². The van der Waals surface area contributed by atoms with E-state index in [0.29, 0.717) is 37.0 Å². The highest BCUT2D eigenvalue weighted by molar-refractivity contribution is 7.89. The maximum absolute atomic E-state index is 13.1. The lowest BCUT2D eigenvalue weighted by Gasteiger charge is -2.34. The van der Waals surface area contributed by atoms with Crippen molar-refractivity contribution in [3.63, 3.8) is 0 Å². The first kappa shape index (κ1) is 20.5. The Morgan fingerprint density at radius 3 is 2.54 bits per heavy atom. The zero-order valence-electron chi connectivity index (χ0n) is 16.9. The summed E-state index contributed by atoms with van der Waals surface area (Å²) in [5.41, 5.74) is 1.28. The molecule has 1 aliphatic rings. The summed E-state index contributed by atoms with van der Waals surface area (Å²) in [4.78, 5) is 14.5. The zero-order valence-corrected chi connectivity index (χ0v) is 17.7. The third kappa shape index (κ3) is 4.44. The number of nitrogens with zero attached hydrogens (tertiary/aromatic N) is 4. The molecular formula is C20H28N4O3S. The molecule has 8 heteroatoms. The number of hydrogen-bond acceptors (Lipinski definition) is 4. The Labute approximate surface area is 167 Å². The number of hydrogen-bond donors (Lipinski definition) is 0. The van der Waals surface area contributed by atoms with Crippen LogP contribution < -0.4 is 0 Å². The van der Waals surface area contributed by atoms with Gasteiger partial charge in [0.15, 0.2) is 0 Å². The first-order valence-electron chi connectivity index (χ1n) is 9.50. The van der Waals surface area contributed by atoms with Crippen LogP contribution in [0.15, 0.2) is 41.6 Å². The van der Waals surface area contributed by atoms with Crippen LogP contribution in [0.3, 0.4) is 0 Å². The Morgan fingerprint density at radius 2 is 1.93 bits per heavy atom. The molecule has 0 saturated carbocycles. The number of carbonyl (C=O) groups is 1. The van der Waals surface area contributed by atoms with Gasteiger partial charge >= 0.3 is 0 Å². The van der Waals surface area contributed by atoms with Gasteiger partial charge in [0.2, 0.25) is 10.0 Å².